The van der Waals surface area contributed by atoms with Gasteiger partial charge in [0.05, 0.1) is 4.47 Å². The van der Waals surface area contributed by atoms with Gasteiger partial charge < -0.3 is 5.73 Å². The number of nitrogens with two attached hydrogens (primary N) is 1. The second-order valence-corrected chi connectivity index (χ2v) is 3.77. The third-order valence-corrected chi connectivity index (χ3v) is 2.82. The van der Waals surface area contributed by atoms with Crippen molar-refractivity contribution in [2.75, 3.05) is 0 Å². The maximum absolute atomic E-state index is 5.81. The molecule has 2 N–H and O–H groups in total. The van der Waals surface area contributed by atoms with Crippen molar-refractivity contribution < 1.29 is 0 Å². The Balaban J connectivity index is 2.96. The van der Waals surface area contributed by atoms with Gasteiger partial charge in [-0.2, -0.15) is 0 Å². The highest BCUT2D eigenvalue weighted by Crippen LogP contribution is 2.23. The van der Waals surface area contributed by atoms with Crippen molar-refractivity contribution in [1.29, 1.82) is 0 Å². The number of hydrogen-bond acceptors (Lipinski definition) is 2. The molecular formula is C8H10BrClN2. The summed E-state index contributed by atoms with van der Waals surface area (Å²) in [6, 6.07) is 1.95. The Kier molecular flexibility index (Phi) is 3.50. The molecule has 1 heterocycles. The fourth-order valence-electron chi connectivity index (χ4n) is 0.874. The molecule has 0 aliphatic carbocycles. The van der Waals surface area contributed by atoms with Gasteiger partial charge in [0.2, 0.25) is 0 Å². The van der Waals surface area contributed by atoms with Crippen molar-refractivity contribution in [2.24, 2.45) is 5.73 Å². The van der Waals surface area contributed by atoms with E-state index in [4.69, 9.17) is 17.3 Å². The average molecular weight is 250 g/mol. The maximum Gasteiger partial charge on any atom is 0.143 e. The molecule has 0 aliphatic heterocycles. The molecule has 1 atom stereocenters. The zero-order valence-corrected chi connectivity index (χ0v) is 9.06. The predicted octanol–water partition coefficient (Wildman–Crippen LogP) is 2.91. The zero-order valence-electron chi connectivity index (χ0n) is 6.72. The zero-order chi connectivity index (χ0) is 9.14. The van der Waals surface area contributed by atoms with E-state index in [1.807, 2.05) is 13.0 Å². The van der Waals surface area contributed by atoms with Gasteiger partial charge in [0, 0.05) is 12.2 Å². The van der Waals surface area contributed by atoms with Crippen LogP contribution in [0.2, 0.25) is 5.15 Å². The molecule has 0 bridgehead atoms. The standard InChI is InChI=1S/C8H10BrClN2/c1-2-7(11)5-3-6(9)8(10)12-4-5/h3-4,7H,2,11H2,1H3/t7-/m0/s1. The van der Waals surface area contributed by atoms with Gasteiger partial charge in [0.25, 0.3) is 0 Å². The van der Waals surface area contributed by atoms with E-state index in [1.165, 1.54) is 0 Å². The lowest BCUT2D eigenvalue weighted by molar-refractivity contribution is 0.695. The van der Waals surface area contributed by atoms with E-state index < -0.39 is 0 Å². The Morgan fingerprint density at radius 3 is 2.92 bits per heavy atom. The first-order valence-corrected chi connectivity index (χ1v) is 4.88. The molecule has 0 aromatic carbocycles. The highest BCUT2D eigenvalue weighted by atomic mass is 79.9. The fraction of sp³-hybridized carbons (Fsp3) is 0.375. The van der Waals surface area contributed by atoms with Crippen molar-refractivity contribution in [1.82, 2.24) is 4.98 Å². The van der Waals surface area contributed by atoms with Crippen LogP contribution in [0.5, 0.6) is 0 Å². The van der Waals surface area contributed by atoms with Crippen molar-refractivity contribution >= 4 is 27.5 Å². The van der Waals surface area contributed by atoms with Gasteiger partial charge in [-0.15, -0.1) is 0 Å². The van der Waals surface area contributed by atoms with Crippen LogP contribution in [-0.4, -0.2) is 4.98 Å². The number of hydrogen-bond donors (Lipinski definition) is 1. The molecule has 0 saturated carbocycles. The van der Waals surface area contributed by atoms with Gasteiger partial charge >= 0.3 is 0 Å². The molecule has 0 fully saturated rings. The summed E-state index contributed by atoms with van der Waals surface area (Å²) in [5, 5.41) is 0.474. The molecule has 2 nitrogen and oxygen atoms in total. The van der Waals surface area contributed by atoms with E-state index in [1.54, 1.807) is 6.20 Å². The van der Waals surface area contributed by atoms with Crippen LogP contribution < -0.4 is 5.73 Å². The van der Waals surface area contributed by atoms with Gasteiger partial charge in [-0.05, 0) is 34.0 Å². The first-order chi connectivity index (χ1) is 5.65. The van der Waals surface area contributed by atoms with Crippen LogP contribution >= 0.6 is 27.5 Å². The van der Waals surface area contributed by atoms with Crippen LogP contribution in [0.4, 0.5) is 0 Å². The summed E-state index contributed by atoms with van der Waals surface area (Å²) in [5.74, 6) is 0. The summed E-state index contributed by atoms with van der Waals surface area (Å²) >= 11 is 9.02. The molecular weight excluding hydrogens is 239 g/mol. The minimum atomic E-state index is 0.0473. The van der Waals surface area contributed by atoms with E-state index in [-0.39, 0.29) is 6.04 Å². The third-order valence-electron chi connectivity index (χ3n) is 1.69. The summed E-state index contributed by atoms with van der Waals surface area (Å²) in [6.45, 7) is 2.03. The Bertz CT molecular complexity index is 278. The summed E-state index contributed by atoms with van der Waals surface area (Å²) in [7, 11) is 0. The lowest BCUT2D eigenvalue weighted by Crippen LogP contribution is -2.08. The van der Waals surface area contributed by atoms with Crippen LogP contribution in [0.15, 0.2) is 16.7 Å². The van der Waals surface area contributed by atoms with Gasteiger partial charge in [-0.1, -0.05) is 18.5 Å². The topological polar surface area (TPSA) is 38.9 Å². The predicted molar refractivity (Wildman–Crippen MR) is 54.2 cm³/mol. The number of halogens is 2. The van der Waals surface area contributed by atoms with E-state index in [2.05, 4.69) is 20.9 Å². The van der Waals surface area contributed by atoms with Crippen molar-refractivity contribution in [3.05, 3.63) is 27.5 Å². The molecule has 1 aromatic heterocycles. The first-order valence-electron chi connectivity index (χ1n) is 3.71. The molecule has 66 valence electrons. The highest BCUT2D eigenvalue weighted by Gasteiger charge is 2.05. The number of pyridine rings is 1. The molecule has 0 radical (unpaired) electrons. The smallest absolute Gasteiger partial charge is 0.143 e. The number of aromatic nitrogens is 1. The summed E-state index contributed by atoms with van der Waals surface area (Å²) < 4.78 is 0.797. The fourth-order valence-corrected chi connectivity index (χ4v) is 1.34. The molecule has 0 unspecified atom stereocenters. The van der Waals surface area contributed by atoms with Crippen LogP contribution in [0.3, 0.4) is 0 Å². The lowest BCUT2D eigenvalue weighted by Gasteiger charge is -2.08. The molecule has 1 aromatic rings. The molecule has 0 spiro atoms. The normalized spacial score (nSPS) is 13.0. The minimum Gasteiger partial charge on any atom is -0.324 e. The van der Waals surface area contributed by atoms with Gasteiger partial charge in [-0.25, -0.2) is 4.98 Å². The third kappa shape index (κ3) is 2.19. The minimum absolute atomic E-state index is 0.0473. The van der Waals surface area contributed by atoms with E-state index in [9.17, 15) is 0 Å². The first kappa shape index (κ1) is 9.96. The average Bonchev–Trinajstić information content (AvgIpc) is 2.08. The monoisotopic (exact) mass is 248 g/mol. The summed E-state index contributed by atoms with van der Waals surface area (Å²) in [4.78, 5) is 3.99. The Hall–Kier alpha value is -0.120. The molecule has 4 heteroatoms. The van der Waals surface area contributed by atoms with Crippen molar-refractivity contribution in [2.45, 2.75) is 19.4 Å². The van der Waals surface area contributed by atoms with Crippen LogP contribution in [-0.2, 0) is 0 Å². The maximum atomic E-state index is 5.81. The van der Waals surface area contributed by atoms with E-state index in [0.717, 1.165) is 16.5 Å². The second kappa shape index (κ2) is 4.21. The lowest BCUT2D eigenvalue weighted by atomic mass is 10.1. The van der Waals surface area contributed by atoms with Crippen LogP contribution in [0, 0.1) is 0 Å². The summed E-state index contributed by atoms with van der Waals surface area (Å²) in [6.07, 6.45) is 2.61. The quantitative estimate of drug-likeness (QED) is 0.819. The Morgan fingerprint density at radius 2 is 2.42 bits per heavy atom. The second-order valence-electron chi connectivity index (χ2n) is 2.56. The molecule has 12 heavy (non-hydrogen) atoms. The van der Waals surface area contributed by atoms with E-state index >= 15 is 0 Å². The van der Waals surface area contributed by atoms with Gasteiger partial charge in [0.1, 0.15) is 5.15 Å². The number of nitrogens with zero attached hydrogens (tertiary/aromatic N) is 1. The summed E-state index contributed by atoms with van der Waals surface area (Å²) in [5.41, 5.74) is 6.82. The molecule has 0 aliphatic rings. The van der Waals surface area contributed by atoms with Gasteiger partial charge in [0.15, 0.2) is 0 Å². The highest BCUT2D eigenvalue weighted by molar-refractivity contribution is 9.10. The Morgan fingerprint density at radius 1 is 1.75 bits per heavy atom. The Labute approximate surface area is 85.3 Å². The largest absolute Gasteiger partial charge is 0.324 e. The van der Waals surface area contributed by atoms with Crippen molar-refractivity contribution in [3.63, 3.8) is 0 Å². The van der Waals surface area contributed by atoms with Crippen LogP contribution in [0.25, 0.3) is 0 Å². The number of rotatable bonds is 2. The molecule has 1 rings (SSSR count). The molecule has 0 saturated heterocycles. The van der Waals surface area contributed by atoms with Crippen molar-refractivity contribution in [3.8, 4) is 0 Å². The van der Waals surface area contributed by atoms with Gasteiger partial charge in [-0.3, -0.25) is 0 Å². The van der Waals surface area contributed by atoms with Crippen LogP contribution in [0.1, 0.15) is 24.9 Å². The SMILES string of the molecule is CC[C@H](N)c1cnc(Cl)c(Br)c1. The van der Waals surface area contributed by atoms with E-state index in [0.29, 0.717) is 5.15 Å². The molecule has 0 amide bonds.